The third-order valence-corrected chi connectivity index (χ3v) is 4.58. The fraction of sp³-hybridized carbons (Fsp3) is 0.812. The van der Waals surface area contributed by atoms with Gasteiger partial charge >= 0.3 is 0 Å². The molecule has 1 unspecified atom stereocenters. The number of hydrogen-bond donors (Lipinski definition) is 0. The second-order valence-corrected chi connectivity index (χ2v) is 6.26. The Morgan fingerprint density at radius 1 is 1.40 bits per heavy atom. The zero-order valence-electron chi connectivity index (χ0n) is 12.5. The van der Waals surface area contributed by atoms with E-state index in [2.05, 4.69) is 12.0 Å². The van der Waals surface area contributed by atoms with Gasteiger partial charge in [-0.05, 0) is 19.3 Å². The molecule has 1 aliphatic heterocycles. The van der Waals surface area contributed by atoms with E-state index in [9.17, 15) is 0 Å². The lowest BCUT2D eigenvalue weighted by Gasteiger charge is -2.43. The van der Waals surface area contributed by atoms with E-state index in [-0.39, 0.29) is 5.60 Å². The lowest BCUT2D eigenvalue weighted by atomic mass is 9.79. The van der Waals surface area contributed by atoms with Gasteiger partial charge in [0, 0.05) is 19.4 Å². The Morgan fingerprint density at radius 2 is 2.25 bits per heavy atom. The first-order valence-electron chi connectivity index (χ1n) is 8.13. The normalized spacial score (nSPS) is 25.8. The van der Waals surface area contributed by atoms with E-state index in [0.29, 0.717) is 6.10 Å². The zero-order valence-corrected chi connectivity index (χ0v) is 12.5. The van der Waals surface area contributed by atoms with Gasteiger partial charge in [-0.3, -0.25) is 4.68 Å². The number of aryl methyl sites for hydroxylation is 1. The summed E-state index contributed by atoms with van der Waals surface area (Å²) in [4.78, 5) is 0. The third-order valence-electron chi connectivity index (χ3n) is 4.58. The molecule has 4 heteroatoms. The SMILES string of the molecule is CCCn1cc(OC2CCOC3(CCCCC3)C2)cn1. The second-order valence-electron chi connectivity index (χ2n) is 6.26. The van der Waals surface area contributed by atoms with Crippen LogP contribution in [-0.4, -0.2) is 28.1 Å². The minimum absolute atomic E-state index is 0.112. The van der Waals surface area contributed by atoms with Gasteiger partial charge in [0.05, 0.1) is 24.6 Å². The molecule has 0 aromatic carbocycles. The van der Waals surface area contributed by atoms with E-state index < -0.39 is 0 Å². The number of nitrogens with zero attached hydrogens (tertiary/aromatic N) is 2. The predicted octanol–water partition coefficient (Wildman–Crippen LogP) is 3.55. The van der Waals surface area contributed by atoms with Gasteiger partial charge in [0.25, 0.3) is 0 Å². The van der Waals surface area contributed by atoms with Crippen LogP contribution in [0.1, 0.15) is 58.3 Å². The summed E-state index contributed by atoms with van der Waals surface area (Å²) in [6, 6.07) is 0. The maximum atomic E-state index is 6.15. The van der Waals surface area contributed by atoms with Gasteiger partial charge in [-0.1, -0.05) is 26.2 Å². The second kappa shape index (κ2) is 6.17. The number of aromatic nitrogens is 2. The summed E-state index contributed by atoms with van der Waals surface area (Å²) in [6.07, 6.45) is 13.7. The van der Waals surface area contributed by atoms with E-state index in [1.807, 2.05) is 17.1 Å². The molecule has 0 N–H and O–H groups in total. The van der Waals surface area contributed by atoms with Crippen molar-refractivity contribution in [2.45, 2.75) is 76.5 Å². The van der Waals surface area contributed by atoms with Gasteiger partial charge < -0.3 is 9.47 Å². The van der Waals surface area contributed by atoms with Crippen molar-refractivity contribution in [1.82, 2.24) is 9.78 Å². The van der Waals surface area contributed by atoms with Crippen molar-refractivity contribution in [3.05, 3.63) is 12.4 Å². The minimum atomic E-state index is 0.112. The first kappa shape index (κ1) is 13.9. The molecule has 2 aliphatic rings. The molecule has 3 rings (SSSR count). The molecule has 4 nitrogen and oxygen atoms in total. The Kier molecular flexibility index (Phi) is 4.29. The minimum Gasteiger partial charge on any atom is -0.487 e. The lowest BCUT2D eigenvalue weighted by molar-refractivity contribution is -0.129. The van der Waals surface area contributed by atoms with Crippen molar-refractivity contribution in [1.29, 1.82) is 0 Å². The molecule has 0 radical (unpaired) electrons. The van der Waals surface area contributed by atoms with Crippen LogP contribution in [0.15, 0.2) is 12.4 Å². The molecule has 1 aromatic rings. The van der Waals surface area contributed by atoms with Crippen molar-refractivity contribution >= 4 is 0 Å². The largest absolute Gasteiger partial charge is 0.487 e. The summed E-state index contributed by atoms with van der Waals surface area (Å²) >= 11 is 0. The summed E-state index contributed by atoms with van der Waals surface area (Å²) in [5.41, 5.74) is 0.112. The maximum Gasteiger partial charge on any atom is 0.157 e. The quantitative estimate of drug-likeness (QED) is 0.845. The monoisotopic (exact) mass is 278 g/mol. The predicted molar refractivity (Wildman–Crippen MR) is 77.9 cm³/mol. The zero-order chi connectivity index (χ0) is 13.8. The average molecular weight is 278 g/mol. The van der Waals surface area contributed by atoms with Gasteiger partial charge in [-0.2, -0.15) is 5.10 Å². The van der Waals surface area contributed by atoms with Crippen molar-refractivity contribution in [3.63, 3.8) is 0 Å². The molecule has 1 atom stereocenters. The Bertz CT molecular complexity index is 418. The van der Waals surface area contributed by atoms with Crippen LogP contribution >= 0.6 is 0 Å². The maximum absolute atomic E-state index is 6.15. The summed E-state index contributed by atoms with van der Waals surface area (Å²) in [7, 11) is 0. The van der Waals surface area contributed by atoms with Gasteiger partial charge in [0.2, 0.25) is 0 Å². The van der Waals surface area contributed by atoms with Crippen LogP contribution in [0, 0.1) is 0 Å². The molecule has 0 amide bonds. The Hall–Kier alpha value is -1.03. The van der Waals surface area contributed by atoms with Crippen LogP contribution in [0.25, 0.3) is 0 Å². The van der Waals surface area contributed by atoms with Crippen LogP contribution in [0.3, 0.4) is 0 Å². The highest BCUT2D eigenvalue weighted by Gasteiger charge is 2.39. The van der Waals surface area contributed by atoms with E-state index in [1.54, 1.807) is 0 Å². The van der Waals surface area contributed by atoms with Crippen LogP contribution in [0.5, 0.6) is 5.75 Å². The van der Waals surface area contributed by atoms with Gasteiger partial charge in [-0.15, -0.1) is 0 Å². The smallest absolute Gasteiger partial charge is 0.157 e. The summed E-state index contributed by atoms with van der Waals surface area (Å²) in [6.45, 7) is 3.96. The van der Waals surface area contributed by atoms with E-state index in [0.717, 1.165) is 38.2 Å². The van der Waals surface area contributed by atoms with Crippen molar-refractivity contribution < 1.29 is 9.47 Å². The van der Waals surface area contributed by atoms with Crippen molar-refractivity contribution in [2.75, 3.05) is 6.61 Å². The molecule has 0 bridgehead atoms. The van der Waals surface area contributed by atoms with Gasteiger partial charge in [0.1, 0.15) is 6.10 Å². The Morgan fingerprint density at radius 3 is 3.05 bits per heavy atom. The molecule has 2 heterocycles. The first-order chi connectivity index (χ1) is 9.80. The molecule has 1 saturated carbocycles. The number of hydrogen-bond acceptors (Lipinski definition) is 3. The standard InChI is InChI=1S/C16H26N2O2/c1-2-9-18-13-15(12-17-18)20-14-6-10-19-16(11-14)7-4-3-5-8-16/h12-14H,2-11H2,1H3. The van der Waals surface area contributed by atoms with Crippen LogP contribution in [0.4, 0.5) is 0 Å². The summed E-state index contributed by atoms with van der Waals surface area (Å²) < 4.78 is 14.2. The van der Waals surface area contributed by atoms with Crippen molar-refractivity contribution in [2.24, 2.45) is 0 Å². The molecule has 1 aliphatic carbocycles. The van der Waals surface area contributed by atoms with E-state index in [1.165, 1.54) is 32.1 Å². The molecule has 1 spiro atoms. The Balaban J connectivity index is 1.59. The average Bonchev–Trinajstić information content (AvgIpc) is 2.87. The molecule has 1 aromatic heterocycles. The fourth-order valence-corrected chi connectivity index (χ4v) is 3.58. The third kappa shape index (κ3) is 3.17. The Labute approximate surface area is 121 Å². The van der Waals surface area contributed by atoms with Crippen LogP contribution < -0.4 is 4.74 Å². The van der Waals surface area contributed by atoms with E-state index in [4.69, 9.17) is 9.47 Å². The first-order valence-corrected chi connectivity index (χ1v) is 8.13. The molecule has 20 heavy (non-hydrogen) atoms. The summed E-state index contributed by atoms with van der Waals surface area (Å²) in [5.74, 6) is 0.913. The molecule has 2 fully saturated rings. The van der Waals surface area contributed by atoms with Crippen LogP contribution in [0.2, 0.25) is 0 Å². The lowest BCUT2D eigenvalue weighted by Crippen LogP contribution is -2.45. The van der Waals surface area contributed by atoms with Crippen molar-refractivity contribution in [3.8, 4) is 5.75 Å². The molecule has 112 valence electrons. The highest BCUT2D eigenvalue weighted by atomic mass is 16.5. The number of ether oxygens (including phenoxy) is 2. The van der Waals surface area contributed by atoms with E-state index >= 15 is 0 Å². The highest BCUT2D eigenvalue weighted by molar-refractivity contribution is 5.12. The van der Waals surface area contributed by atoms with Crippen LogP contribution in [-0.2, 0) is 11.3 Å². The van der Waals surface area contributed by atoms with Gasteiger partial charge in [0.15, 0.2) is 5.75 Å². The number of rotatable bonds is 4. The summed E-state index contributed by atoms with van der Waals surface area (Å²) in [5, 5.41) is 4.34. The highest BCUT2D eigenvalue weighted by Crippen LogP contribution is 2.39. The molecular formula is C16H26N2O2. The molecular weight excluding hydrogens is 252 g/mol. The topological polar surface area (TPSA) is 36.3 Å². The van der Waals surface area contributed by atoms with Gasteiger partial charge in [-0.25, -0.2) is 0 Å². The molecule has 1 saturated heterocycles. The fourth-order valence-electron chi connectivity index (χ4n) is 3.58.